The molecule has 2 heterocycles. The van der Waals surface area contributed by atoms with E-state index in [0.29, 0.717) is 18.1 Å². The number of rotatable bonds is 3. The number of ether oxygens (including phenoxy) is 1. The van der Waals surface area contributed by atoms with E-state index < -0.39 is 0 Å². The molecule has 0 bridgehead atoms. The number of hydrogen-bond donors (Lipinski definition) is 2. The summed E-state index contributed by atoms with van der Waals surface area (Å²) >= 11 is 0. The number of fused-ring (bicyclic) bond motifs is 1. The molecule has 0 spiro atoms. The average molecular weight is 272 g/mol. The molecule has 5 heteroatoms. The Morgan fingerprint density at radius 1 is 1.25 bits per heavy atom. The van der Waals surface area contributed by atoms with Crippen LogP contribution in [0.3, 0.4) is 0 Å². The third-order valence-corrected chi connectivity index (χ3v) is 3.65. The Balaban J connectivity index is 1.93. The number of hydrogen-bond acceptors (Lipinski definition) is 5. The zero-order chi connectivity index (χ0) is 13.9. The fraction of sp³-hybridized carbons (Fsp3) is 0.467. The lowest BCUT2D eigenvalue weighted by atomic mass is 10.0. The first-order valence-electron chi connectivity index (χ1n) is 7.09. The van der Waals surface area contributed by atoms with Crippen molar-refractivity contribution in [1.82, 2.24) is 9.97 Å². The fourth-order valence-corrected chi connectivity index (χ4v) is 2.62. The summed E-state index contributed by atoms with van der Waals surface area (Å²) in [5, 5.41) is 7.64. The number of aromatic nitrogens is 2. The van der Waals surface area contributed by atoms with Crippen molar-refractivity contribution in [3.63, 3.8) is 0 Å². The van der Waals surface area contributed by atoms with E-state index in [1.165, 1.54) is 0 Å². The average Bonchev–Trinajstić information content (AvgIpc) is 2.47. The standard InChI is InChI=1S/C15H20N4O/c1-10-9-11(7-8-20-10)17-14-12-5-3-4-6-13(12)18-15(16-2)19-14/h3-6,10-11H,7-9H2,1-2H3,(H2,16,17,18,19). The van der Waals surface area contributed by atoms with Gasteiger partial charge in [-0.1, -0.05) is 12.1 Å². The second-order valence-corrected chi connectivity index (χ2v) is 5.21. The fourth-order valence-electron chi connectivity index (χ4n) is 2.62. The van der Waals surface area contributed by atoms with Crippen molar-refractivity contribution in [3.05, 3.63) is 24.3 Å². The van der Waals surface area contributed by atoms with Crippen molar-refractivity contribution in [2.45, 2.75) is 31.9 Å². The summed E-state index contributed by atoms with van der Waals surface area (Å²) in [6.45, 7) is 2.92. The van der Waals surface area contributed by atoms with Crippen LogP contribution >= 0.6 is 0 Å². The van der Waals surface area contributed by atoms with E-state index in [1.54, 1.807) is 0 Å². The summed E-state index contributed by atoms with van der Waals surface area (Å²) < 4.78 is 5.59. The Bertz CT molecular complexity index is 601. The Kier molecular flexibility index (Phi) is 3.69. The number of nitrogens with zero attached hydrogens (tertiary/aromatic N) is 2. The molecule has 1 saturated heterocycles. The first kappa shape index (κ1) is 13.1. The number of nitrogens with one attached hydrogen (secondary N) is 2. The van der Waals surface area contributed by atoms with Gasteiger partial charge in [0.1, 0.15) is 5.82 Å². The van der Waals surface area contributed by atoms with Gasteiger partial charge in [-0.3, -0.25) is 0 Å². The summed E-state index contributed by atoms with van der Waals surface area (Å²) in [4.78, 5) is 9.04. The predicted molar refractivity (Wildman–Crippen MR) is 81.1 cm³/mol. The van der Waals surface area contributed by atoms with E-state index >= 15 is 0 Å². The number of benzene rings is 1. The SMILES string of the molecule is CNc1nc(NC2CCOC(C)C2)c2ccccc2n1. The quantitative estimate of drug-likeness (QED) is 0.899. The normalized spacial score (nSPS) is 22.7. The molecule has 1 aromatic heterocycles. The molecule has 3 rings (SSSR count). The van der Waals surface area contributed by atoms with E-state index in [1.807, 2.05) is 25.2 Å². The molecule has 20 heavy (non-hydrogen) atoms. The van der Waals surface area contributed by atoms with Gasteiger partial charge in [-0.25, -0.2) is 4.98 Å². The van der Waals surface area contributed by atoms with Gasteiger partial charge >= 0.3 is 0 Å². The Labute approximate surface area is 118 Å². The molecule has 106 valence electrons. The molecule has 0 aliphatic carbocycles. The molecule has 0 amide bonds. The third kappa shape index (κ3) is 2.67. The van der Waals surface area contributed by atoms with Gasteiger partial charge in [0.15, 0.2) is 0 Å². The van der Waals surface area contributed by atoms with E-state index in [9.17, 15) is 0 Å². The van der Waals surface area contributed by atoms with Crippen molar-refractivity contribution in [1.29, 1.82) is 0 Å². The molecule has 2 atom stereocenters. The van der Waals surface area contributed by atoms with Gasteiger partial charge in [-0.05, 0) is 31.9 Å². The Hall–Kier alpha value is -1.88. The minimum Gasteiger partial charge on any atom is -0.378 e. The lowest BCUT2D eigenvalue weighted by Gasteiger charge is -2.28. The van der Waals surface area contributed by atoms with Gasteiger partial charge in [0, 0.05) is 25.1 Å². The predicted octanol–water partition coefficient (Wildman–Crippen LogP) is 2.65. The highest BCUT2D eigenvalue weighted by atomic mass is 16.5. The van der Waals surface area contributed by atoms with Crippen LogP contribution in [0.5, 0.6) is 0 Å². The zero-order valence-electron chi connectivity index (χ0n) is 11.9. The van der Waals surface area contributed by atoms with E-state index in [2.05, 4.69) is 33.6 Å². The van der Waals surface area contributed by atoms with Crippen molar-refractivity contribution in [2.24, 2.45) is 0 Å². The molecule has 1 aromatic carbocycles. The highest BCUT2D eigenvalue weighted by Crippen LogP contribution is 2.25. The Morgan fingerprint density at radius 3 is 2.90 bits per heavy atom. The molecular weight excluding hydrogens is 252 g/mol. The monoisotopic (exact) mass is 272 g/mol. The summed E-state index contributed by atoms with van der Waals surface area (Å²) in [5.41, 5.74) is 0.953. The lowest BCUT2D eigenvalue weighted by Crippen LogP contribution is -2.32. The second-order valence-electron chi connectivity index (χ2n) is 5.21. The molecule has 1 fully saturated rings. The molecule has 2 unspecified atom stereocenters. The van der Waals surface area contributed by atoms with Crippen molar-refractivity contribution in [2.75, 3.05) is 24.3 Å². The number of para-hydroxylation sites is 1. The van der Waals surface area contributed by atoms with Crippen molar-refractivity contribution in [3.8, 4) is 0 Å². The van der Waals surface area contributed by atoms with Crippen LogP contribution in [0.15, 0.2) is 24.3 Å². The maximum Gasteiger partial charge on any atom is 0.224 e. The van der Waals surface area contributed by atoms with Crippen LogP contribution in [-0.4, -0.2) is 35.8 Å². The zero-order valence-corrected chi connectivity index (χ0v) is 11.9. The van der Waals surface area contributed by atoms with Crippen molar-refractivity contribution < 1.29 is 4.74 Å². The maximum absolute atomic E-state index is 5.59. The molecule has 0 saturated carbocycles. The maximum atomic E-state index is 5.59. The summed E-state index contributed by atoms with van der Waals surface area (Å²) in [6, 6.07) is 8.48. The molecule has 2 N–H and O–H groups in total. The molecule has 0 radical (unpaired) electrons. The smallest absolute Gasteiger partial charge is 0.224 e. The molecular formula is C15H20N4O. The highest BCUT2D eigenvalue weighted by Gasteiger charge is 2.20. The third-order valence-electron chi connectivity index (χ3n) is 3.65. The van der Waals surface area contributed by atoms with Crippen molar-refractivity contribution >= 4 is 22.7 Å². The highest BCUT2D eigenvalue weighted by molar-refractivity contribution is 5.90. The minimum absolute atomic E-state index is 0.304. The topological polar surface area (TPSA) is 59.1 Å². The van der Waals surface area contributed by atoms with Crippen LogP contribution in [0.1, 0.15) is 19.8 Å². The van der Waals surface area contributed by atoms with E-state index in [0.717, 1.165) is 36.2 Å². The first-order chi connectivity index (χ1) is 9.76. The van der Waals surface area contributed by atoms with Gasteiger partial charge in [0.05, 0.1) is 11.6 Å². The summed E-state index contributed by atoms with van der Waals surface area (Å²) in [6.07, 6.45) is 2.32. The van der Waals surface area contributed by atoms with Crippen LogP contribution in [0.2, 0.25) is 0 Å². The van der Waals surface area contributed by atoms with E-state index in [4.69, 9.17) is 4.74 Å². The van der Waals surface area contributed by atoms with Crippen LogP contribution in [0.4, 0.5) is 11.8 Å². The van der Waals surface area contributed by atoms with Crippen LogP contribution in [0.25, 0.3) is 10.9 Å². The van der Waals surface area contributed by atoms with Crippen LogP contribution in [-0.2, 0) is 4.74 Å². The van der Waals surface area contributed by atoms with Crippen LogP contribution < -0.4 is 10.6 Å². The van der Waals surface area contributed by atoms with E-state index in [-0.39, 0.29) is 0 Å². The molecule has 1 aliphatic rings. The molecule has 5 nitrogen and oxygen atoms in total. The first-order valence-corrected chi connectivity index (χ1v) is 7.09. The van der Waals surface area contributed by atoms with Gasteiger partial charge in [0.25, 0.3) is 0 Å². The van der Waals surface area contributed by atoms with Gasteiger partial charge in [-0.15, -0.1) is 0 Å². The summed E-state index contributed by atoms with van der Waals surface area (Å²) in [7, 11) is 1.84. The van der Waals surface area contributed by atoms with Crippen LogP contribution in [0, 0.1) is 0 Å². The minimum atomic E-state index is 0.304. The number of anilines is 2. The molecule has 1 aliphatic heterocycles. The molecule has 2 aromatic rings. The van der Waals surface area contributed by atoms with Gasteiger partial charge in [-0.2, -0.15) is 4.98 Å². The van der Waals surface area contributed by atoms with Gasteiger partial charge in [0.2, 0.25) is 5.95 Å². The lowest BCUT2D eigenvalue weighted by molar-refractivity contribution is 0.0232. The Morgan fingerprint density at radius 2 is 2.10 bits per heavy atom. The summed E-state index contributed by atoms with van der Waals surface area (Å²) in [5.74, 6) is 1.55. The largest absolute Gasteiger partial charge is 0.378 e. The van der Waals surface area contributed by atoms with Gasteiger partial charge < -0.3 is 15.4 Å². The second kappa shape index (κ2) is 5.63.